The molecule has 0 fully saturated rings. The fourth-order valence-electron chi connectivity index (χ4n) is 1.53. The zero-order valence-electron chi connectivity index (χ0n) is 9.00. The SMILES string of the molecule is C=CCSc1c([N+](=O)[O-])cnc2ccccc12. The van der Waals surface area contributed by atoms with Crippen LogP contribution in [0.2, 0.25) is 0 Å². The number of pyridine rings is 1. The third-order valence-corrected chi connectivity index (χ3v) is 3.37. The molecule has 2 aromatic rings. The number of hydrogen-bond acceptors (Lipinski definition) is 4. The van der Waals surface area contributed by atoms with Crippen LogP contribution in [0.25, 0.3) is 10.9 Å². The van der Waals surface area contributed by atoms with E-state index in [1.807, 2.05) is 24.3 Å². The summed E-state index contributed by atoms with van der Waals surface area (Å²) in [5.74, 6) is 0.634. The Morgan fingerprint density at radius 2 is 2.24 bits per heavy atom. The highest BCUT2D eigenvalue weighted by molar-refractivity contribution is 7.99. The van der Waals surface area contributed by atoms with Gasteiger partial charge in [-0.1, -0.05) is 24.3 Å². The van der Waals surface area contributed by atoms with Crippen molar-refractivity contribution in [2.75, 3.05) is 5.75 Å². The van der Waals surface area contributed by atoms with Crippen molar-refractivity contribution >= 4 is 28.4 Å². The lowest BCUT2D eigenvalue weighted by Crippen LogP contribution is -1.94. The van der Waals surface area contributed by atoms with Crippen LogP contribution in [-0.4, -0.2) is 15.7 Å². The zero-order chi connectivity index (χ0) is 12.3. The number of para-hydroxylation sites is 1. The minimum Gasteiger partial charge on any atom is -0.258 e. The minimum absolute atomic E-state index is 0.0514. The highest BCUT2D eigenvalue weighted by Gasteiger charge is 2.17. The molecule has 5 heteroatoms. The molecule has 0 spiro atoms. The van der Waals surface area contributed by atoms with Crippen molar-refractivity contribution in [3.8, 4) is 0 Å². The Kier molecular flexibility index (Phi) is 3.39. The molecule has 0 radical (unpaired) electrons. The quantitative estimate of drug-likeness (QED) is 0.359. The summed E-state index contributed by atoms with van der Waals surface area (Å²) in [6, 6.07) is 7.41. The average Bonchev–Trinajstić information content (AvgIpc) is 2.35. The first-order valence-corrected chi connectivity index (χ1v) is 5.98. The largest absolute Gasteiger partial charge is 0.301 e. The summed E-state index contributed by atoms with van der Waals surface area (Å²) in [6.07, 6.45) is 3.04. The van der Waals surface area contributed by atoms with Crippen LogP contribution in [0.1, 0.15) is 0 Å². The van der Waals surface area contributed by atoms with E-state index in [2.05, 4.69) is 11.6 Å². The maximum absolute atomic E-state index is 11.0. The number of thioether (sulfide) groups is 1. The van der Waals surface area contributed by atoms with Crippen LogP contribution in [-0.2, 0) is 0 Å². The first-order valence-electron chi connectivity index (χ1n) is 5.00. The first kappa shape index (κ1) is 11.6. The summed E-state index contributed by atoms with van der Waals surface area (Å²) in [5, 5.41) is 11.8. The Balaban J connectivity index is 2.65. The molecule has 1 heterocycles. The molecule has 1 aromatic heterocycles. The summed E-state index contributed by atoms with van der Waals surface area (Å²) in [7, 11) is 0. The van der Waals surface area contributed by atoms with E-state index >= 15 is 0 Å². The predicted molar refractivity (Wildman–Crippen MR) is 69.3 cm³/mol. The van der Waals surface area contributed by atoms with Gasteiger partial charge in [0, 0.05) is 11.1 Å². The lowest BCUT2D eigenvalue weighted by Gasteiger charge is -2.05. The normalized spacial score (nSPS) is 10.4. The molecular formula is C12H10N2O2S. The van der Waals surface area contributed by atoms with Crippen molar-refractivity contribution in [3.05, 3.63) is 53.2 Å². The van der Waals surface area contributed by atoms with Gasteiger partial charge in [-0.15, -0.1) is 18.3 Å². The Hall–Kier alpha value is -1.88. The Labute approximate surface area is 103 Å². The molecular weight excluding hydrogens is 236 g/mol. The van der Waals surface area contributed by atoms with Gasteiger partial charge < -0.3 is 0 Å². The van der Waals surface area contributed by atoms with Gasteiger partial charge in [-0.25, -0.2) is 4.98 Å². The standard InChI is InChI=1S/C12H10N2O2S/c1-2-7-17-12-9-5-3-4-6-10(9)13-8-11(12)14(15)16/h2-6,8H,1,7H2. The van der Waals surface area contributed by atoms with Gasteiger partial charge in [-0.2, -0.15) is 0 Å². The second kappa shape index (κ2) is 4.97. The number of nitrogens with zero attached hydrogens (tertiary/aromatic N) is 2. The number of aromatic nitrogens is 1. The second-order valence-corrected chi connectivity index (χ2v) is 4.38. The number of fused-ring (bicyclic) bond motifs is 1. The van der Waals surface area contributed by atoms with Crippen molar-refractivity contribution in [3.63, 3.8) is 0 Å². The van der Waals surface area contributed by atoms with E-state index in [1.54, 1.807) is 6.08 Å². The van der Waals surface area contributed by atoms with Gasteiger partial charge in [0.15, 0.2) is 0 Å². The molecule has 0 saturated carbocycles. The fourth-order valence-corrected chi connectivity index (χ4v) is 2.42. The van der Waals surface area contributed by atoms with E-state index in [9.17, 15) is 10.1 Å². The minimum atomic E-state index is -0.398. The van der Waals surface area contributed by atoms with Crippen molar-refractivity contribution < 1.29 is 4.92 Å². The summed E-state index contributed by atoms with van der Waals surface area (Å²) in [4.78, 5) is 15.3. The summed E-state index contributed by atoms with van der Waals surface area (Å²) >= 11 is 1.41. The molecule has 0 aliphatic heterocycles. The third kappa shape index (κ3) is 2.29. The molecule has 1 aromatic carbocycles. The molecule has 4 nitrogen and oxygen atoms in total. The van der Waals surface area contributed by atoms with Gasteiger partial charge in [0.05, 0.1) is 15.3 Å². The van der Waals surface area contributed by atoms with Gasteiger partial charge in [0.25, 0.3) is 0 Å². The Morgan fingerprint density at radius 3 is 2.94 bits per heavy atom. The van der Waals surface area contributed by atoms with Gasteiger partial charge in [0.2, 0.25) is 0 Å². The molecule has 0 N–H and O–H groups in total. The molecule has 0 aliphatic carbocycles. The van der Waals surface area contributed by atoms with Crippen molar-refractivity contribution in [2.45, 2.75) is 4.90 Å². The molecule has 0 amide bonds. The maximum Gasteiger partial charge on any atom is 0.301 e. The highest BCUT2D eigenvalue weighted by atomic mass is 32.2. The van der Waals surface area contributed by atoms with E-state index in [4.69, 9.17) is 0 Å². The molecule has 86 valence electrons. The third-order valence-electron chi connectivity index (χ3n) is 2.25. The first-order chi connectivity index (χ1) is 8.24. The highest BCUT2D eigenvalue weighted by Crippen LogP contribution is 2.34. The van der Waals surface area contributed by atoms with Gasteiger partial charge >= 0.3 is 5.69 Å². The second-order valence-electron chi connectivity index (χ2n) is 3.35. The predicted octanol–water partition coefficient (Wildman–Crippen LogP) is 3.42. The van der Waals surface area contributed by atoms with E-state index < -0.39 is 4.92 Å². The molecule has 0 bridgehead atoms. The van der Waals surface area contributed by atoms with E-state index in [0.717, 1.165) is 10.9 Å². The zero-order valence-corrected chi connectivity index (χ0v) is 9.81. The molecule has 0 atom stereocenters. The number of nitro groups is 1. The molecule has 2 rings (SSSR count). The lowest BCUT2D eigenvalue weighted by atomic mass is 10.2. The summed E-state index contributed by atoms with van der Waals surface area (Å²) < 4.78 is 0. The van der Waals surface area contributed by atoms with E-state index in [-0.39, 0.29) is 5.69 Å². The summed E-state index contributed by atoms with van der Waals surface area (Å²) in [5.41, 5.74) is 0.820. The van der Waals surface area contributed by atoms with Gasteiger partial charge in [0.1, 0.15) is 6.20 Å². The van der Waals surface area contributed by atoms with Crippen LogP contribution in [0.4, 0.5) is 5.69 Å². The topological polar surface area (TPSA) is 56.0 Å². The molecule has 0 unspecified atom stereocenters. The fraction of sp³-hybridized carbons (Fsp3) is 0.0833. The lowest BCUT2D eigenvalue weighted by molar-refractivity contribution is -0.387. The van der Waals surface area contributed by atoms with Crippen LogP contribution in [0.5, 0.6) is 0 Å². The van der Waals surface area contributed by atoms with Crippen LogP contribution in [0, 0.1) is 10.1 Å². The van der Waals surface area contributed by atoms with Crippen molar-refractivity contribution in [1.29, 1.82) is 0 Å². The molecule has 0 saturated heterocycles. The van der Waals surface area contributed by atoms with Crippen LogP contribution < -0.4 is 0 Å². The molecule has 17 heavy (non-hydrogen) atoms. The van der Waals surface area contributed by atoms with Crippen LogP contribution >= 0.6 is 11.8 Å². The number of hydrogen-bond donors (Lipinski definition) is 0. The number of benzene rings is 1. The van der Waals surface area contributed by atoms with Crippen LogP contribution in [0.15, 0.2) is 48.0 Å². The average molecular weight is 246 g/mol. The van der Waals surface area contributed by atoms with Crippen molar-refractivity contribution in [1.82, 2.24) is 4.98 Å². The van der Waals surface area contributed by atoms with Gasteiger partial charge in [-0.05, 0) is 6.07 Å². The molecule has 0 aliphatic rings. The summed E-state index contributed by atoms with van der Waals surface area (Å²) in [6.45, 7) is 3.62. The Bertz CT molecular complexity index is 584. The smallest absolute Gasteiger partial charge is 0.258 e. The van der Waals surface area contributed by atoms with E-state index in [1.165, 1.54) is 18.0 Å². The maximum atomic E-state index is 11.0. The monoisotopic (exact) mass is 246 g/mol. The Morgan fingerprint density at radius 1 is 1.47 bits per heavy atom. The van der Waals surface area contributed by atoms with Gasteiger partial charge in [-0.3, -0.25) is 10.1 Å². The van der Waals surface area contributed by atoms with E-state index in [0.29, 0.717) is 10.6 Å². The number of rotatable bonds is 4. The van der Waals surface area contributed by atoms with Crippen molar-refractivity contribution in [2.24, 2.45) is 0 Å². The van der Waals surface area contributed by atoms with Crippen LogP contribution in [0.3, 0.4) is 0 Å².